The second-order valence-electron chi connectivity index (χ2n) is 5.07. The Labute approximate surface area is 114 Å². The summed E-state index contributed by atoms with van der Waals surface area (Å²) in [6.07, 6.45) is 1.22. The van der Waals surface area contributed by atoms with Crippen LogP contribution < -0.4 is 10.6 Å². The van der Waals surface area contributed by atoms with Crippen LogP contribution in [0, 0.1) is 11.7 Å². The summed E-state index contributed by atoms with van der Waals surface area (Å²) in [5, 5.41) is 6.09. The first-order valence-corrected chi connectivity index (χ1v) is 6.80. The van der Waals surface area contributed by atoms with Crippen LogP contribution >= 0.6 is 0 Å². The van der Waals surface area contributed by atoms with Crippen molar-refractivity contribution in [2.24, 2.45) is 5.92 Å². The maximum atomic E-state index is 12.7. The molecule has 0 aliphatic carbocycles. The van der Waals surface area contributed by atoms with Crippen LogP contribution in [0.15, 0.2) is 24.3 Å². The summed E-state index contributed by atoms with van der Waals surface area (Å²) < 4.78 is 12.7. The number of benzene rings is 1. The molecule has 0 radical (unpaired) electrons. The first-order chi connectivity index (χ1) is 9.08. The van der Waals surface area contributed by atoms with Gasteiger partial charge < -0.3 is 10.6 Å². The zero-order valence-corrected chi connectivity index (χ0v) is 11.7. The second-order valence-corrected chi connectivity index (χ2v) is 5.07. The largest absolute Gasteiger partial charge is 0.356 e. The van der Waals surface area contributed by atoms with Crippen molar-refractivity contribution in [3.63, 3.8) is 0 Å². The lowest BCUT2D eigenvalue weighted by Crippen LogP contribution is -2.30. The molecule has 0 unspecified atom stereocenters. The minimum atomic E-state index is -0.232. The Morgan fingerprint density at radius 2 is 1.89 bits per heavy atom. The molecule has 0 spiro atoms. The lowest BCUT2D eigenvalue weighted by molar-refractivity contribution is -0.120. The molecule has 0 saturated carbocycles. The molecule has 1 rings (SSSR count). The van der Waals surface area contributed by atoms with Gasteiger partial charge in [-0.1, -0.05) is 26.0 Å². The first-order valence-electron chi connectivity index (χ1n) is 6.80. The van der Waals surface area contributed by atoms with Crippen LogP contribution in [0.1, 0.15) is 25.8 Å². The molecule has 4 heteroatoms. The summed E-state index contributed by atoms with van der Waals surface area (Å²) in [4.78, 5) is 11.5. The van der Waals surface area contributed by atoms with Crippen molar-refractivity contribution in [1.82, 2.24) is 10.6 Å². The van der Waals surface area contributed by atoms with Crippen LogP contribution in [-0.4, -0.2) is 25.5 Å². The van der Waals surface area contributed by atoms with E-state index >= 15 is 0 Å². The quantitative estimate of drug-likeness (QED) is 0.708. The van der Waals surface area contributed by atoms with Crippen LogP contribution in [-0.2, 0) is 11.2 Å². The number of carbonyl (C=O) groups is 1. The Balaban J connectivity index is 2.08. The highest BCUT2D eigenvalue weighted by molar-refractivity contribution is 5.76. The van der Waals surface area contributed by atoms with Crippen molar-refractivity contribution in [3.8, 4) is 0 Å². The molecule has 0 fully saturated rings. The van der Waals surface area contributed by atoms with Gasteiger partial charge in [-0.15, -0.1) is 0 Å². The number of halogens is 1. The zero-order valence-electron chi connectivity index (χ0n) is 11.7. The van der Waals surface area contributed by atoms with Crippen molar-refractivity contribution in [2.75, 3.05) is 19.6 Å². The van der Waals surface area contributed by atoms with Crippen molar-refractivity contribution in [3.05, 3.63) is 35.6 Å². The summed E-state index contributed by atoms with van der Waals surface area (Å²) >= 11 is 0. The normalized spacial score (nSPS) is 10.7. The van der Waals surface area contributed by atoms with Gasteiger partial charge in [-0.25, -0.2) is 4.39 Å². The topological polar surface area (TPSA) is 41.1 Å². The predicted molar refractivity (Wildman–Crippen MR) is 75.4 cm³/mol. The third-order valence-corrected chi connectivity index (χ3v) is 2.73. The maximum Gasteiger partial charge on any atom is 0.221 e. The van der Waals surface area contributed by atoms with E-state index in [1.165, 1.54) is 12.1 Å². The number of amides is 1. The maximum absolute atomic E-state index is 12.7. The molecule has 19 heavy (non-hydrogen) atoms. The average molecular weight is 266 g/mol. The molecule has 0 aliphatic heterocycles. The van der Waals surface area contributed by atoms with Crippen molar-refractivity contribution in [2.45, 2.75) is 26.7 Å². The van der Waals surface area contributed by atoms with E-state index in [1.807, 2.05) is 0 Å². The van der Waals surface area contributed by atoms with Gasteiger partial charge in [0, 0.05) is 19.5 Å². The van der Waals surface area contributed by atoms with Crippen LogP contribution in [0.4, 0.5) is 4.39 Å². The highest BCUT2D eigenvalue weighted by atomic mass is 19.1. The van der Waals surface area contributed by atoms with E-state index in [2.05, 4.69) is 24.5 Å². The zero-order chi connectivity index (χ0) is 14.1. The molecular formula is C15H23FN2O. The van der Waals surface area contributed by atoms with Crippen LogP contribution in [0.2, 0.25) is 0 Å². The minimum absolute atomic E-state index is 0.0540. The summed E-state index contributed by atoms with van der Waals surface area (Å²) in [7, 11) is 0. The van der Waals surface area contributed by atoms with E-state index in [4.69, 9.17) is 0 Å². The molecule has 2 N–H and O–H groups in total. The Hall–Kier alpha value is -1.42. The standard InChI is InChI=1S/C15H23FN2O/c1-12(2)11-17-9-8-15(19)18-10-7-13-3-5-14(16)6-4-13/h3-6,12,17H,7-11H2,1-2H3,(H,18,19). The van der Waals surface area contributed by atoms with Gasteiger partial charge in [0.2, 0.25) is 5.91 Å². The van der Waals surface area contributed by atoms with E-state index in [9.17, 15) is 9.18 Å². The Kier molecular flexibility index (Phi) is 7.11. The van der Waals surface area contributed by atoms with Crippen molar-refractivity contribution in [1.29, 1.82) is 0 Å². The Morgan fingerprint density at radius 3 is 2.53 bits per heavy atom. The number of hydrogen-bond donors (Lipinski definition) is 2. The molecular weight excluding hydrogens is 243 g/mol. The fraction of sp³-hybridized carbons (Fsp3) is 0.533. The van der Waals surface area contributed by atoms with E-state index < -0.39 is 0 Å². The molecule has 0 aromatic heterocycles. The average Bonchev–Trinajstić information content (AvgIpc) is 2.37. The number of hydrogen-bond acceptors (Lipinski definition) is 2. The van der Waals surface area contributed by atoms with Crippen molar-refractivity contribution < 1.29 is 9.18 Å². The number of rotatable bonds is 8. The predicted octanol–water partition coefficient (Wildman–Crippen LogP) is 2.12. The van der Waals surface area contributed by atoms with Crippen molar-refractivity contribution >= 4 is 5.91 Å². The van der Waals surface area contributed by atoms with Gasteiger partial charge in [-0.05, 0) is 36.6 Å². The van der Waals surface area contributed by atoms with Gasteiger partial charge in [0.05, 0.1) is 0 Å². The number of carbonyl (C=O) groups excluding carboxylic acids is 1. The summed E-state index contributed by atoms with van der Waals surface area (Å²) in [6.45, 7) is 6.50. The Morgan fingerprint density at radius 1 is 1.21 bits per heavy atom. The highest BCUT2D eigenvalue weighted by Gasteiger charge is 2.01. The second kappa shape index (κ2) is 8.64. The third-order valence-electron chi connectivity index (χ3n) is 2.73. The Bertz CT molecular complexity index is 376. The van der Waals surface area contributed by atoms with Gasteiger partial charge >= 0.3 is 0 Å². The summed E-state index contributed by atoms with van der Waals surface area (Å²) in [5.41, 5.74) is 1.03. The highest BCUT2D eigenvalue weighted by Crippen LogP contribution is 2.02. The summed E-state index contributed by atoms with van der Waals surface area (Å²) in [5.74, 6) is 0.420. The smallest absolute Gasteiger partial charge is 0.221 e. The molecule has 0 bridgehead atoms. The summed E-state index contributed by atoms with van der Waals surface area (Å²) in [6, 6.07) is 6.36. The minimum Gasteiger partial charge on any atom is -0.356 e. The van der Waals surface area contributed by atoms with Gasteiger partial charge in [0.15, 0.2) is 0 Å². The van der Waals surface area contributed by atoms with E-state index in [-0.39, 0.29) is 11.7 Å². The molecule has 1 aromatic rings. The molecule has 1 amide bonds. The molecule has 3 nitrogen and oxygen atoms in total. The molecule has 0 aliphatic rings. The molecule has 0 atom stereocenters. The molecule has 0 heterocycles. The van der Waals surface area contributed by atoms with Crippen LogP contribution in [0.25, 0.3) is 0 Å². The van der Waals surface area contributed by atoms with Crippen LogP contribution in [0.5, 0.6) is 0 Å². The first kappa shape index (κ1) is 15.6. The fourth-order valence-electron chi connectivity index (χ4n) is 1.68. The number of nitrogens with one attached hydrogen (secondary N) is 2. The van der Waals surface area contributed by atoms with Crippen LogP contribution in [0.3, 0.4) is 0 Å². The van der Waals surface area contributed by atoms with Gasteiger partial charge in [-0.3, -0.25) is 4.79 Å². The SMILES string of the molecule is CC(C)CNCCC(=O)NCCc1ccc(F)cc1. The van der Waals surface area contributed by atoms with Gasteiger partial charge in [-0.2, -0.15) is 0 Å². The van der Waals surface area contributed by atoms with E-state index in [0.29, 0.717) is 25.4 Å². The fourth-order valence-corrected chi connectivity index (χ4v) is 1.68. The van der Waals surface area contributed by atoms with E-state index in [1.54, 1.807) is 12.1 Å². The van der Waals surface area contributed by atoms with Gasteiger partial charge in [0.1, 0.15) is 5.82 Å². The van der Waals surface area contributed by atoms with E-state index in [0.717, 1.165) is 18.5 Å². The monoisotopic (exact) mass is 266 g/mol. The molecule has 0 saturated heterocycles. The molecule has 106 valence electrons. The lowest BCUT2D eigenvalue weighted by Gasteiger charge is -2.08. The third kappa shape index (κ3) is 7.57. The molecule has 1 aromatic carbocycles. The van der Waals surface area contributed by atoms with Gasteiger partial charge in [0.25, 0.3) is 0 Å². The lowest BCUT2D eigenvalue weighted by atomic mass is 10.1.